The van der Waals surface area contributed by atoms with Gasteiger partial charge in [0.2, 0.25) is 0 Å². The van der Waals surface area contributed by atoms with Gasteiger partial charge in [-0.25, -0.2) is 4.79 Å². The summed E-state index contributed by atoms with van der Waals surface area (Å²) in [6, 6.07) is 2.00. The fourth-order valence-corrected chi connectivity index (χ4v) is 2.19. The Labute approximate surface area is 109 Å². The second-order valence-corrected chi connectivity index (χ2v) is 4.29. The van der Waals surface area contributed by atoms with Gasteiger partial charge in [-0.1, -0.05) is 0 Å². The van der Waals surface area contributed by atoms with Crippen LogP contribution < -0.4 is 5.56 Å². The third kappa shape index (κ3) is 2.67. The van der Waals surface area contributed by atoms with Crippen LogP contribution in [0.2, 0.25) is 0 Å². The summed E-state index contributed by atoms with van der Waals surface area (Å²) in [5, 5.41) is 18.2. The van der Waals surface area contributed by atoms with Crippen LogP contribution >= 0.6 is 0 Å². The molecule has 1 saturated heterocycles. The van der Waals surface area contributed by atoms with Gasteiger partial charge in [-0.05, 0) is 6.07 Å². The molecule has 0 saturated carbocycles. The predicted molar refractivity (Wildman–Crippen MR) is 64.1 cm³/mol. The van der Waals surface area contributed by atoms with E-state index in [1.807, 2.05) is 0 Å². The van der Waals surface area contributed by atoms with Crippen molar-refractivity contribution in [3.8, 4) is 0 Å². The van der Waals surface area contributed by atoms with Crippen molar-refractivity contribution in [2.24, 2.45) is 0 Å². The fraction of sp³-hybridized carbons (Fsp3) is 0.500. The van der Waals surface area contributed by atoms with E-state index in [1.165, 1.54) is 30.0 Å². The molecule has 1 fully saturated rings. The minimum Gasteiger partial charge on any atom is -0.478 e. The molecule has 0 aromatic carbocycles. The highest BCUT2D eigenvalue weighted by molar-refractivity contribution is 5.87. The standard InChI is InChI=1S/C12H15NO6/c1-18-11-4-8(9(6-14)19-11)13-5-7(12(16)17)2-3-10(13)15/h2-3,5,8-9,11,14H,4,6H2,1H3,(H,16,17)/t8-,9+,11+/m0/s1. The topological polar surface area (TPSA) is 98.0 Å². The number of aliphatic hydroxyl groups is 1. The van der Waals surface area contributed by atoms with Crippen molar-refractivity contribution in [3.63, 3.8) is 0 Å². The van der Waals surface area contributed by atoms with Crippen LogP contribution in [0.5, 0.6) is 0 Å². The fourth-order valence-electron chi connectivity index (χ4n) is 2.19. The Morgan fingerprint density at radius 1 is 1.58 bits per heavy atom. The summed E-state index contributed by atoms with van der Waals surface area (Å²) < 4.78 is 11.7. The highest BCUT2D eigenvalue weighted by Crippen LogP contribution is 2.30. The van der Waals surface area contributed by atoms with Gasteiger partial charge in [-0.15, -0.1) is 0 Å². The highest BCUT2D eigenvalue weighted by Gasteiger charge is 2.36. The van der Waals surface area contributed by atoms with Crippen molar-refractivity contribution < 1.29 is 24.5 Å². The minimum absolute atomic E-state index is 0.0113. The van der Waals surface area contributed by atoms with Crippen LogP contribution in [-0.2, 0) is 9.47 Å². The first kappa shape index (κ1) is 13.7. The Balaban J connectivity index is 2.37. The maximum atomic E-state index is 11.8. The number of aromatic nitrogens is 1. The molecule has 2 heterocycles. The number of ether oxygens (including phenoxy) is 2. The zero-order chi connectivity index (χ0) is 14.0. The molecule has 2 rings (SSSR count). The Morgan fingerprint density at radius 3 is 2.89 bits per heavy atom. The Kier molecular flexibility index (Phi) is 3.98. The Bertz CT molecular complexity index is 525. The van der Waals surface area contributed by atoms with Gasteiger partial charge < -0.3 is 24.3 Å². The van der Waals surface area contributed by atoms with E-state index in [0.717, 1.165) is 0 Å². The number of carboxylic acids is 1. The second-order valence-electron chi connectivity index (χ2n) is 4.29. The molecular weight excluding hydrogens is 254 g/mol. The molecule has 19 heavy (non-hydrogen) atoms. The lowest BCUT2D eigenvalue weighted by atomic mass is 10.1. The first-order valence-corrected chi connectivity index (χ1v) is 5.81. The van der Waals surface area contributed by atoms with Gasteiger partial charge in [0, 0.05) is 25.8 Å². The largest absolute Gasteiger partial charge is 0.478 e. The first-order valence-electron chi connectivity index (χ1n) is 5.81. The number of hydrogen-bond donors (Lipinski definition) is 2. The number of aromatic carboxylic acids is 1. The maximum Gasteiger partial charge on any atom is 0.337 e. The molecule has 1 aromatic heterocycles. The van der Waals surface area contributed by atoms with Crippen LogP contribution in [0.1, 0.15) is 22.8 Å². The number of hydrogen-bond acceptors (Lipinski definition) is 5. The van der Waals surface area contributed by atoms with Gasteiger partial charge in [0.15, 0.2) is 6.29 Å². The summed E-state index contributed by atoms with van der Waals surface area (Å²) in [7, 11) is 1.47. The van der Waals surface area contributed by atoms with E-state index in [0.29, 0.717) is 6.42 Å². The summed E-state index contributed by atoms with van der Waals surface area (Å²) in [6.45, 7) is -0.270. The number of pyridine rings is 1. The van der Waals surface area contributed by atoms with Gasteiger partial charge in [-0.2, -0.15) is 0 Å². The number of nitrogens with zero attached hydrogens (tertiary/aromatic N) is 1. The van der Waals surface area contributed by atoms with Gasteiger partial charge in [0.1, 0.15) is 6.10 Å². The van der Waals surface area contributed by atoms with Crippen molar-refractivity contribution in [2.45, 2.75) is 24.9 Å². The van der Waals surface area contributed by atoms with E-state index in [2.05, 4.69) is 0 Å². The van der Waals surface area contributed by atoms with E-state index in [1.54, 1.807) is 0 Å². The Hall–Kier alpha value is -1.70. The monoisotopic (exact) mass is 269 g/mol. The molecular formula is C12H15NO6. The molecule has 2 N–H and O–H groups in total. The lowest BCUT2D eigenvalue weighted by Crippen LogP contribution is -2.31. The summed E-state index contributed by atoms with van der Waals surface area (Å²) in [6.07, 6.45) is 0.540. The highest BCUT2D eigenvalue weighted by atomic mass is 16.7. The molecule has 0 aliphatic carbocycles. The lowest BCUT2D eigenvalue weighted by molar-refractivity contribution is -0.124. The molecule has 0 amide bonds. The smallest absolute Gasteiger partial charge is 0.337 e. The van der Waals surface area contributed by atoms with Crippen molar-refractivity contribution in [1.82, 2.24) is 4.57 Å². The number of aliphatic hydroxyl groups excluding tert-OH is 1. The number of carboxylic acid groups (broad SMARTS) is 1. The normalized spacial score (nSPS) is 26.5. The molecule has 3 atom stereocenters. The predicted octanol–water partition coefficient (Wildman–Crippen LogP) is -0.159. The van der Waals surface area contributed by atoms with E-state index >= 15 is 0 Å². The zero-order valence-electron chi connectivity index (χ0n) is 10.4. The van der Waals surface area contributed by atoms with Crippen LogP contribution in [0.25, 0.3) is 0 Å². The third-order valence-corrected chi connectivity index (χ3v) is 3.17. The van der Waals surface area contributed by atoms with Crippen LogP contribution in [0.4, 0.5) is 0 Å². The molecule has 1 aliphatic rings. The lowest BCUT2D eigenvalue weighted by Gasteiger charge is -2.18. The molecule has 0 unspecified atom stereocenters. The van der Waals surface area contributed by atoms with Crippen molar-refractivity contribution in [3.05, 3.63) is 34.2 Å². The molecule has 0 radical (unpaired) electrons. The van der Waals surface area contributed by atoms with E-state index in [-0.39, 0.29) is 17.7 Å². The van der Waals surface area contributed by atoms with Crippen molar-refractivity contribution in [1.29, 1.82) is 0 Å². The number of rotatable bonds is 4. The van der Waals surface area contributed by atoms with Crippen molar-refractivity contribution >= 4 is 5.97 Å². The summed E-state index contributed by atoms with van der Waals surface area (Å²) >= 11 is 0. The minimum atomic E-state index is -1.11. The molecule has 0 spiro atoms. The van der Waals surface area contributed by atoms with Gasteiger partial charge in [0.05, 0.1) is 18.2 Å². The number of carbonyl (C=O) groups is 1. The third-order valence-electron chi connectivity index (χ3n) is 3.17. The van der Waals surface area contributed by atoms with Crippen LogP contribution in [0.3, 0.4) is 0 Å². The molecule has 104 valence electrons. The zero-order valence-corrected chi connectivity index (χ0v) is 10.4. The van der Waals surface area contributed by atoms with Gasteiger partial charge in [0.25, 0.3) is 5.56 Å². The maximum absolute atomic E-state index is 11.8. The second kappa shape index (κ2) is 5.52. The van der Waals surface area contributed by atoms with Gasteiger partial charge in [-0.3, -0.25) is 4.79 Å². The summed E-state index contributed by atoms with van der Waals surface area (Å²) in [5.41, 5.74) is -0.328. The van der Waals surface area contributed by atoms with E-state index in [4.69, 9.17) is 14.6 Å². The van der Waals surface area contributed by atoms with E-state index < -0.39 is 24.4 Å². The average molecular weight is 269 g/mol. The van der Waals surface area contributed by atoms with Gasteiger partial charge >= 0.3 is 5.97 Å². The molecule has 1 aliphatic heterocycles. The average Bonchev–Trinajstić information content (AvgIpc) is 2.82. The summed E-state index contributed by atoms with van der Waals surface area (Å²) in [5.74, 6) is -1.11. The quantitative estimate of drug-likeness (QED) is 0.788. The molecule has 7 heteroatoms. The van der Waals surface area contributed by atoms with Crippen LogP contribution in [0, 0.1) is 0 Å². The Morgan fingerprint density at radius 2 is 2.32 bits per heavy atom. The SMILES string of the molecule is CO[C@H]1C[C@H](n2cc(C(=O)O)ccc2=O)[C@@H](CO)O1. The van der Waals surface area contributed by atoms with E-state index in [9.17, 15) is 14.7 Å². The number of methoxy groups -OCH3 is 1. The molecule has 7 nitrogen and oxygen atoms in total. The first-order chi connectivity index (χ1) is 9.06. The van der Waals surface area contributed by atoms with Crippen molar-refractivity contribution in [2.75, 3.05) is 13.7 Å². The molecule has 1 aromatic rings. The van der Waals surface area contributed by atoms with Crippen LogP contribution in [0.15, 0.2) is 23.1 Å². The van der Waals surface area contributed by atoms with Crippen LogP contribution in [-0.4, -0.2) is 46.9 Å². The molecule has 0 bridgehead atoms. The summed E-state index contributed by atoms with van der Waals surface area (Å²) in [4.78, 5) is 22.8.